The molecule has 3 rings (SSSR count). The molecule has 5 nitrogen and oxygen atoms in total. The fourth-order valence-electron chi connectivity index (χ4n) is 3.51. The summed E-state index contributed by atoms with van der Waals surface area (Å²) in [5.41, 5.74) is 2.60. The lowest BCUT2D eigenvalue weighted by atomic mass is 10.1. The van der Waals surface area contributed by atoms with Gasteiger partial charge in [0.05, 0.1) is 12.2 Å². The van der Waals surface area contributed by atoms with E-state index in [9.17, 15) is 0 Å². The van der Waals surface area contributed by atoms with Crippen molar-refractivity contribution in [3.63, 3.8) is 0 Å². The molecule has 6 heteroatoms. The highest BCUT2D eigenvalue weighted by Gasteiger charge is 2.22. The van der Waals surface area contributed by atoms with Gasteiger partial charge in [-0.05, 0) is 36.8 Å². The molecule has 1 aromatic heterocycles. The van der Waals surface area contributed by atoms with Crippen LogP contribution >= 0.6 is 11.3 Å². The fourth-order valence-corrected chi connectivity index (χ4v) is 4.40. The summed E-state index contributed by atoms with van der Waals surface area (Å²) >= 11 is 1.71. The number of nitrogens with one attached hydrogen (secondary N) is 2. The summed E-state index contributed by atoms with van der Waals surface area (Å²) in [6.07, 6.45) is 2.39. The lowest BCUT2D eigenvalue weighted by Crippen LogP contribution is -2.40. The normalized spacial score (nSPS) is 18.0. The topological polar surface area (TPSA) is 52.6 Å². The Kier molecular flexibility index (Phi) is 7.86. The number of aliphatic imine (C=N–C) groups is 1. The van der Waals surface area contributed by atoms with Crippen molar-refractivity contribution < 1.29 is 0 Å². The standard InChI is InChI=1S/C22H33N5S/c1-17(2)20-16-28-21(26-20)14-25-22(23-3)24-13-19-10-12-27(15-19)11-9-18-7-5-4-6-8-18/h4-8,16-17,19H,9-15H2,1-3H3,(H2,23,24,25). The lowest BCUT2D eigenvalue weighted by molar-refractivity contribution is 0.328. The van der Waals surface area contributed by atoms with Gasteiger partial charge in [0, 0.05) is 32.1 Å². The van der Waals surface area contributed by atoms with E-state index in [1.54, 1.807) is 11.3 Å². The Morgan fingerprint density at radius 3 is 2.82 bits per heavy atom. The summed E-state index contributed by atoms with van der Waals surface area (Å²) in [5.74, 6) is 2.03. The summed E-state index contributed by atoms with van der Waals surface area (Å²) < 4.78 is 0. The van der Waals surface area contributed by atoms with Crippen molar-refractivity contribution in [3.05, 3.63) is 52.0 Å². The van der Waals surface area contributed by atoms with E-state index in [4.69, 9.17) is 0 Å². The maximum Gasteiger partial charge on any atom is 0.191 e. The first-order valence-electron chi connectivity index (χ1n) is 10.3. The SMILES string of the molecule is CN=C(NCc1nc(C(C)C)cs1)NCC1CCN(CCc2ccccc2)C1. The summed E-state index contributed by atoms with van der Waals surface area (Å²) in [6.45, 7) is 9.57. The molecule has 2 aromatic rings. The molecule has 1 saturated heterocycles. The van der Waals surface area contributed by atoms with Gasteiger partial charge in [0.25, 0.3) is 0 Å². The second-order valence-electron chi connectivity index (χ2n) is 7.82. The molecule has 0 spiro atoms. The van der Waals surface area contributed by atoms with Crippen LogP contribution in [0.15, 0.2) is 40.7 Å². The number of rotatable bonds is 8. The minimum atomic E-state index is 0.481. The average Bonchev–Trinajstić information content (AvgIpc) is 3.37. The Morgan fingerprint density at radius 2 is 2.11 bits per heavy atom. The molecule has 0 amide bonds. The molecule has 1 aliphatic rings. The number of nitrogens with zero attached hydrogens (tertiary/aromatic N) is 3. The van der Waals surface area contributed by atoms with Gasteiger partial charge < -0.3 is 15.5 Å². The minimum absolute atomic E-state index is 0.481. The third-order valence-corrected chi connectivity index (χ3v) is 6.15. The van der Waals surface area contributed by atoms with Gasteiger partial charge in [-0.2, -0.15) is 0 Å². The number of thiazole rings is 1. The average molecular weight is 400 g/mol. The van der Waals surface area contributed by atoms with Crippen LogP contribution in [0.2, 0.25) is 0 Å². The molecule has 1 aromatic carbocycles. The first-order chi connectivity index (χ1) is 13.6. The van der Waals surface area contributed by atoms with E-state index in [1.807, 2.05) is 7.05 Å². The van der Waals surface area contributed by atoms with E-state index in [2.05, 4.69) is 75.1 Å². The molecule has 0 bridgehead atoms. The number of hydrogen-bond acceptors (Lipinski definition) is 4. The number of guanidine groups is 1. The number of benzene rings is 1. The highest BCUT2D eigenvalue weighted by Crippen LogP contribution is 2.18. The van der Waals surface area contributed by atoms with Crippen LogP contribution in [0.4, 0.5) is 0 Å². The maximum atomic E-state index is 4.68. The lowest BCUT2D eigenvalue weighted by Gasteiger charge is -2.17. The highest BCUT2D eigenvalue weighted by atomic mass is 32.1. The molecule has 28 heavy (non-hydrogen) atoms. The zero-order chi connectivity index (χ0) is 19.8. The van der Waals surface area contributed by atoms with Crippen molar-refractivity contribution in [2.45, 2.75) is 39.2 Å². The predicted octanol–water partition coefficient (Wildman–Crippen LogP) is 3.50. The molecule has 1 aliphatic heterocycles. The Morgan fingerprint density at radius 1 is 1.29 bits per heavy atom. The smallest absolute Gasteiger partial charge is 0.191 e. The molecule has 1 unspecified atom stereocenters. The van der Waals surface area contributed by atoms with Crippen LogP contribution < -0.4 is 10.6 Å². The molecule has 2 heterocycles. The number of likely N-dealkylation sites (tertiary alicyclic amines) is 1. The van der Waals surface area contributed by atoms with E-state index < -0.39 is 0 Å². The Hall–Kier alpha value is -1.92. The zero-order valence-electron chi connectivity index (χ0n) is 17.3. The van der Waals surface area contributed by atoms with Gasteiger partial charge in [0.15, 0.2) is 5.96 Å². The van der Waals surface area contributed by atoms with Crippen LogP contribution in [-0.2, 0) is 13.0 Å². The van der Waals surface area contributed by atoms with Gasteiger partial charge >= 0.3 is 0 Å². The quantitative estimate of drug-likeness (QED) is 0.527. The number of hydrogen-bond donors (Lipinski definition) is 2. The van der Waals surface area contributed by atoms with Crippen molar-refractivity contribution in [2.75, 3.05) is 33.2 Å². The van der Waals surface area contributed by atoms with Crippen LogP contribution in [-0.4, -0.2) is 49.1 Å². The molecule has 2 N–H and O–H groups in total. The first-order valence-corrected chi connectivity index (χ1v) is 11.2. The Balaban J connectivity index is 1.35. The van der Waals surface area contributed by atoms with Crippen molar-refractivity contribution in [1.82, 2.24) is 20.5 Å². The maximum absolute atomic E-state index is 4.68. The summed E-state index contributed by atoms with van der Waals surface area (Å²) in [7, 11) is 1.83. The minimum Gasteiger partial charge on any atom is -0.356 e. The Labute approximate surface area is 173 Å². The molecular weight excluding hydrogens is 366 g/mol. The fraction of sp³-hybridized carbons (Fsp3) is 0.545. The second kappa shape index (κ2) is 10.6. The van der Waals surface area contributed by atoms with Crippen LogP contribution in [0.25, 0.3) is 0 Å². The van der Waals surface area contributed by atoms with Gasteiger partial charge in [-0.15, -0.1) is 11.3 Å². The van der Waals surface area contributed by atoms with Crippen LogP contribution in [0.3, 0.4) is 0 Å². The summed E-state index contributed by atoms with van der Waals surface area (Å²) in [5, 5.41) is 10.2. The van der Waals surface area contributed by atoms with Gasteiger partial charge in [-0.25, -0.2) is 4.98 Å². The van der Waals surface area contributed by atoms with Crippen molar-refractivity contribution in [1.29, 1.82) is 0 Å². The third kappa shape index (κ3) is 6.31. The van der Waals surface area contributed by atoms with E-state index in [-0.39, 0.29) is 0 Å². The Bertz CT molecular complexity index is 740. The van der Waals surface area contributed by atoms with E-state index >= 15 is 0 Å². The molecule has 0 aliphatic carbocycles. The molecule has 1 atom stereocenters. The predicted molar refractivity (Wildman–Crippen MR) is 119 cm³/mol. The highest BCUT2D eigenvalue weighted by molar-refractivity contribution is 7.09. The summed E-state index contributed by atoms with van der Waals surface area (Å²) in [6, 6.07) is 10.8. The number of aromatic nitrogens is 1. The van der Waals surface area contributed by atoms with Gasteiger partial charge in [0.2, 0.25) is 0 Å². The first kappa shape index (κ1) is 20.8. The third-order valence-electron chi connectivity index (χ3n) is 5.28. The van der Waals surface area contributed by atoms with Crippen LogP contribution in [0.5, 0.6) is 0 Å². The molecule has 152 valence electrons. The van der Waals surface area contributed by atoms with E-state index in [1.165, 1.54) is 30.8 Å². The van der Waals surface area contributed by atoms with Gasteiger partial charge in [0.1, 0.15) is 5.01 Å². The summed E-state index contributed by atoms with van der Waals surface area (Å²) in [4.78, 5) is 11.6. The van der Waals surface area contributed by atoms with Crippen LogP contribution in [0, 0.1) is 5.92 Å². The second-order valence-corrected chi connectivity index (χ2v) is 8.76. The van der Waals surface area contributed by atoms with Crippen molar-refractivity contribution >= 4 is 17.3 Å². The van der Waals surface area contributed by atoms with Gasteiger partial charge in [-0.1, -0.05) is 44.2 Å². The largest absolute Gasteiger partial charge is 0.356 e. The van der Waals surface area contributed by atoms with E-state index in [0.717, 1.165) is 37.0 Å². The molecule has 0 saturated carbocycles. The van der Waals surface area contributed by atoms with Gasteiger partial charge in [-0.3, -0.25) is 4.99 Å². The van der Waals surface area contributed by atoms with Crippen LogP contribution in [0.1, 0.15) is 42.5 Å². The zero-order valence-corrected chi connectivity index (χ0v) is 18.1. The molecular formula is C22H33N5S. The molecule has 1 fully saturated rings. The van der Waals surface area contributed by atoms with Crippen molar-refractivity contribution in [2.24, 2.45) is 10.9 Å². The van der Waals surface area contributed by atoms with Crippen molar-refractivity contribution in [3.8, 4) is 0 Å². The van der Waals surface area contributed by atoms with E-state index in [0.29, 0.717) is 11.8 Å². The molecule has 0 radical (unpaired) electrons. The monoisotopic (exact) mass is 399 g/mol.